The second kappa shape index (κ2) is 8.85. The van der Waals surface area contributed by atoms with Gasteiger partial charge in [-0.2, -0.15) is 0 Å². The molecule has 0 aliphatic heterocycles. The fraction of sp³-hybridized carbons (Fsp3) is 0.542. The maximum atomic E-state index is 13.2. The van der Waals surface area contributed by atoms with Crippen molar-refractivity contribution in [3.8, 4) is 5.75 Å². The third-order valence-corrected chi connectivity index (χ3v) is 6.50. The number of ether oxygens (including phenoxy) is 1. The van der Waals surface area contributed by atoms with E-state index in [1.54, 1.807) is 7.11 Å². The summed E-state index contributed by atoms with van der Waals surface area (Å²) >= 11 is 0. The molecule has 2 fully saturated rings. The lowest BCUT2D eigenvalue weighted by Crippen LogP contribution is -2.45. The Bertz CT molecular complexity index is 787. The Kier molecular flexibility index (Phi) is 6.04. The van der Waals surface area contributed by atoms with Crippen LogP contribution in [0.1, 0.15) is 62.6 Å². The molecule has 4 rings (SSSR count). The Balaban J connectivity index is 1.51. The van der Waals surface area contributed by atoms with Crippen molar-refractivity contribution in [1.29, 1.82) is 0 Å². The van der Waals surface area contributed by atoms with Crippen molar-refractivity contribution in [2.75, 3.05) is 7.11 Å². The second-order valence-electron chi connectivity index (χ2n) is 8.36. The molecule has 0 radical (unpaired) electrons. The van der Waals surface area contributed by atoms with Crippen LogP contribution in [0.5, 0.6) is 5.75 Å². The van der Waals surface area contributed by atoms with Gasteiger partial charge in [0.2, 0.25) is 5.91 Å². The number of methoxy groups -OCH3 is 1. The van der Waals surface area contributed by atoms with Gasteiger partial charge in [0.25, 0.3) is 0 Å². The van der Waals surface area contributed by atoms with E-state index >= 15 is 0 Å². The molecule has 1 heterocycles. The summed E-state index contributed by atoms with van der Waals surface area (Å²) in [6, 6.07) is 12.9. The normalized spacial score (nSPS) is 17.9. The smallest absolute Gasteiger partial charge is 0.226 e. The maximum Gasteiger partial charge on any atom is 0.226 e. The molecule has 2 saturated carbocycles. The van der Waals surface area contributed by atoms with Crippen LogP contribution in [0.2, 0.25) is 0 Å². The van der Waals surface area contributed by atoms with Gasteiger partial charge < -0.3 is 14.2 Å². The van der Waals surface area contributed by atoms with Gasteiger partial charge in [0.05, 0.1) is 13.7 Å². The van der Waals surface area contributed by atoms with E-state index in [1.807, 2.05) is 12.1 Å². The molecule has 4 heteroatoms. The van der Waals surface area contributed by atoms with Gasteiger partial charge in [-0.05, 0) is 55.5 Å². The molecule has 150 valence electrons. The molecule has 0 spiro atoms. The van der Waals surface area contributed by atoms with E-state index in [2.05, 4.69) is 39.9 Å². The lowest BCUT2D eigenvalue weighted by molar-refractivity contribution is -0.142. The molecule has 28 heavy (non-hydrogen) atoms. The van der Waals surface area contributed by atoms with Gasteiger partial charge in [0.1, 0.15) is 5.75 Å². The van der Waals surface area contributed by atoms with Crippen molar-refractivity contribution < 1.29 is 9.53 Å². The molecule has 0 atom stereocenters. The molecule has 1 aromatic heterocycles. The molecule has 0 N–H and O–H groups in total. The van der Waals surface area contributed by atoms with Crippen molar-refractivity contribution in [3.05, 3.63) is 53.9 Å². The van der Waals surface area contributed by atoms with Gasteiger partial charge in [0, 0.05) is 30.4 Å². The van der Waals surface area contributed by atoms with Crippen LogP contribution in [0, 0.1) is 5.92 Å². The van der Waals surface area contributed by atoms with Crippen LogP contribution < -0.4 is 4.74 Å². The number of hydrogen-bond acceptors (Lipinski definition) is 2. The van der Waals surface area contributed by atoms with Crippen LogP contribution >= 0.6 is 0 Å². The first kappa shape index (κ1) is 19.1. The summed E-state index contributed by atoms with van der Waals surface area (Å²) in [4.78, 5) is 15.4. The predicted octanol–water partition coefficient (Wildman–Crippen LogP) is 5.01. The molecule has 4 nitrogen and oxygen atoms in total. The molecular formula is C24H32N2O2. The molecule has 2 aliphatic rings. The fourth-order valence-corrected chi connectivity index (χ4v) is 4.56. The number of rotatable bonds is 7. The summed E-state index contributed by atoms with van der Waals surface area (Å²) in [6.07, 6.45) is 11.6. The van der Waals surface area contributed by atoms with Gasteiger partial charge in [-0.1, -0.05) is 37.8 Å². The molecule has 1 aromatic carbocycles. The number of aromatic nitrogens is 1. The number of carbonyl (C=O) groups is 1. The van der Waals surface area contributed by atoms with E-state index in [4.69, 9.17) is 4.74 Å². The number of carbonyl (C=O) groups excluding carboxylic acids is 1. The van der Waals surface area contributed by atoms with Crippen LogP contribution in [0.3, 0.4) is 0 Å². The highest BCUT2D eigenvalue weighted by Crippen LogP contribution is 2.32. The standard InChI is InChI=1S/C24H32N2O2/c1-28-23-14-5-8-19(16-23)17-25-15-7-13-22(25)18-26(21-11-3-2-4-12-21)24(27)20-9-6-10-20/h5,7-8,13-16,20-21H,2-4,6,9-12,17-18H2,1H3. The van der Waals surface area contributed by atoms with E-state index in [1.165, 1.54) is 36.9 Å². The zero-order chi connectivity index (χ0) is 19.3. The van der Waals surface area contributed by atoms with Gasteiger partial charge in [-0.3, -0.25) is 4.79 Å². The van der Waals surface area contributed by atoms with Crippen LogP contribution in [0.25, 0.3) is 0 Å². The zero-order valence-corrected chi connectivity index (χ0v) is 17.0. The predicted molar refractivity (Wildman–Crippen MR) is 111 cm³/mol. The van der Waals surface area contributed by atoms with E-state index in [-0.39, 0.29) is 5.92 Å². The van der Waals surface area contributed by atoms with Gasteiger partial charge in [-0.15, -0.1) is 0 Å². The summed E-state index contributed by atoms with van der Waals surface area (Å²) in [6.45, 7) is 1.53. The first-order chi connectivity index (χ1) is 13.7. The number of benzene rings is 1. The summed E-state index contributed by atoms with van der Waals surface area (Å²) in [5.74, 6) is 1.55. The largest absolute Gasteiger partial charge is 0.497 e. The van der Waals surface area contributed by atoms with Crippen molar-refractivity contribution in [1.82, 2.24) is 9.47 Å². The van der Waals surface area contributed by atoms with Crippen LogP contribution in [0.4, 0.5) is 0 Å². The highest BCUT2D eigenvalue weighted by Gasteiger charge is 2.34. The van der Waals surface area contributed by atoms with Gasteiger partial charge in [-0.25, -0.2) is 0 Å². The number of hydrogen-bond donors (Lipinski definition) is 0. The monoisotopic (exact) mass is 380 g/mol. The van der Waals surface area contributed by atoms with E-state index in [9.17, 15) is 4.79 Å². The van der Waals surface area contributed by atoms with Crippen molar-refractivity contribution in [2.24, 2.45) is 5.92 Å². The van der Waals surface area contributed by atoms with Crippen molar-refractivity contribution in [2.45, 2.75) is 70.5 Å². The maximum absolute atomic E-state index is 13.2. The minimum absolute atomic E-state index is 0.267. The van der Waals surface area contributed by atoms with Gasteiger partial charge in [0.15, 0.2) is 0 Å². The Morgan fingerprint density at radius 1 is 1.07 bits per heavy atom. The van der Waals surface area contributed by atoms with Crippen LogP contribution in [-0.4, -0.2) is 28.5 Å². The third kappa shape index (κ3) is 4.26. The minimum Gasteiger partial charge on any atom is -0.497 e. The van der Waals surface area contributed by atoms with Crippen LogP contribution in [-0.2, 0) is 17.9 Å². The molecule has 2 aromatic rings. The van der Waals surface area contributed by atoms with Crippen LogP contribution in [0.15, 0.2) is 42.6 Å². The highest BCUT2D eigenvalue weighted by molar-refractivity contribution is 5.80. The third-order valence-electron chi connectivity index (χ3n) is 6.50. The number of nitrogens with zero attached hydrogens (tertiary/aromatic N) is 2. The van der Waals surface area contributed by atoms with Gasteiger partial charge >= 0.3 is 0 Å². The quantitative estimate of drug-likeness (QED) is 0.677. The van der Waals surface area contributed by atoms with Crippen molar-refractivity contribution in [3.63, 3.8) is 0 Å². The Labute approximate surface area is 168 Å². The average Bonchev–Trinajstić information content (AvgIpc) is 3.12. The minimum atomic E-state index is 0.267. The Morgan fingerprint density at radius 2 is 1.89 bits per heavy atom. The van der Waals surface area contributed by atoms with E-state index in [0.717, 1.165) is 44.5 Å². The highest BCUT2D eigenvalue weighted by atomic mass is 16.5. The van der Waals surface area contributed by atoms with E-state index < -0.39 is 0 Å². The number of amides is 1. The second-order valence-corrected chi connectivity index (χ2v) is 8.36. The van der Waals surface area contributed by atoms with Crippen molar-refractivity contribution >= 4 is 5.91 Å². The summed E-state index contributed by atoms with van der Waals surface area (Å²) in [5, 5.41) is 0. The fourth-order valence-electron chi connectivity index (χ4n) is 4.56. The molecule has 0 unspecified atom stereocenters. The Hall–Kier alpha value is -2.23. The average molecular weight is 381 g/mol. The first-order valence-corrected chi connectivity index (χ1v) is 10.8. The Morgan fingerprint density at radius 3 is 2.61 bits per heavy atom. The first-order valence-electron chi connectivity index (χ1n) is 10.8. The topological polar surface area (TPSA) is 34.5 Å². The molecule has 2 aliphatic carbocycles. The lowest BCUT2D eigenvalue weighted by Gasteiger charge is -2.39. The molecule has 1 amide bonds. The zero-order valence-electron chi connectivity index (χ0n) is 17.0. The summed E-state index contributed by atoms with van der Waals surface area (Å²) in [7, 11) is 1.70. The molecule has 0 saturated heterocycles. The SMILES string of the molecule is COc1cccc(Cn2cccc2CN(C(=O)C2CCC2)C2CCCCC2)c1. The molecular weight excluding hydrogens is 348 g/mol. The summed E-state index contributed by atoms with van der Waals surface area (Å²) < 4.78 is 7.64. The summed E-state index contributed by atoms with van der Waals surface area (Å²) in [5.41, 5.74) is 2.44. The molecule has 0 bridgehead atoms. The lowest BCUT2D eigenvalue weighted by atomic mass is 9.83. The van der Waals surface area contributed by atoms with E-state index in [0.29, 0.717) is 11.9 Å².